The van der Waals surface area contributed by atoms with E-state index >= 15 is 0 Å². The van der Waals surface area contributed by atoms with Gasteiger partial charge in [0.2, 0.25) is 5.91 Å². The number of carbonyl (C=O) groups excluding carboxylic acids is 1. The molecule has 1 amide bonds. The molecule has 1 heterocycles. The topological polar surface area (TPSA) is 60.0 Å². The normalized spacial score (nSPS) is 14.9. The molecule has 1 fully saturated rings. The molecule has 0 radical (unpaired) electrons. The standard InChI is InChI=1S/C22H37N5O/c1-4-23-22(24-14-13-21(28)27(5-2)6-3)25-17-19-9-11-20(12-10-19)18-26-15-7-8-16-26/h9-12H,4-8,13-18H2,1-3H3,(H2,23,24,25). The Balaban J connectivity index is 1.81. The smallest absolute Gasteiger partial charge is 0.224 e. The van der Waals surface area contributed by atoms with E-state index in [1.807, 2.05) is 25.7 Å². The van der Waals surface area contributed by atoms with E-state index in [0.717, 1.165) is 32.1 Å². The van der Waals surface area contributed by atoms with E-state index in [1.165, 1.54) is 37.1 Å². The van der Waals surface area contributed by atoms with Crippen molar-refractivity contribution in [3.8, 4) is 0 Å². The van der Waals surface area contributed by atoms with Gasteiger partial charge in [-0.1, -0.05) is 24.3 Å². The number of nitrogens with one attached hydrogen (secondary N) is 2. The fourth-order valence-electron chi connectivity index (χ4n) is 3.48. The van der Waals surface area contributed by atoms with Crippen molar-refractivity contribution in [1.82, 2.24) is 20.4 Å². The van der Waals surface area contributed by atoms with E-state index in [9.17, 15) is 4.79 Å². The molecule has 1 aromatic rings. The van der Waals surface area contributed by atoms with Crippen LogP contribution in [0.25, 0.3) is 0 Å². The van der Waals surface area contributed by atoms with E-state index in [4.69, 9.17) is 0 Å². The van der Waals surface area contributed by atoms with Crippen molar-refractivity contribution in [2.24, 2.45) is 4.99 Å². The Morgan fingerprint density at radius 2 is 1.68 bits per heavy atom. The predicted octanol–water partition coefficient (Wildman–Crippen LogP) is 2.60. The second kappa shape index (κ2) is 12.4. The molecule has 2 rings (SSSR count). The molecule has 1 aliphatic rings. The van der Waals surface area contributed by atoms with Crippen LogP contribution in [0.5, 0.6) is 0 Å². The minimum absolute atomic E-state index is 0.182. The summed E-state index contributed by atoms with van der Waals surface area (Å²) in [6, 6.07) is 8.77. The number of guanidine groups is 1. The maximum Gasteiger partial charge on any atom is 0.224 e. The molecule has 0 aromatic heterocycles. The molecule has 6 heteroatoms. The number of carbonyl (C=O) groups is 1. The number of aliphatic imine (C=N–C) groups is 1. The van der Waals surface area contributed by atoms with Crippen LogP contribution in [0, 0.1) is 0 Å². The Morgan fingerprint density at radius 1 is 1.04 bits per heavy atom. The Hall–Kier alpha value is -2.08. The fraction of sp³-hybridized carbons (Fsp3) is 0.636. The van der Waals surface area contributed by atoms with Crippen molar-refractivity contribution in [3.63, 3.8) is 0 Å². The second-order valence-corrected chi connectivity index (χ2v) is 7.24. The average molecular weight is 388 g/mol. The highest BCUT2D eigenvalue weighted by molar-refractivity contribution is 5.81. The summed E-state index contributed by atoms with van der Waals surface area (Å²) < 4.78 is 0. The largest absolute Gasteiger partial charge is 0.357 e. The van der Waals surface area contributed by atoms with E-state index in [-0.39, 0.29) is 5.91 Å². The Kier molecular flexibility index (Phi) is 9.83. The van der Waals surface area contributed by atoms with Gasteiger partial charge in [-0.2, -0.15) is 0 Å². The zero-order chi connectivity index (χ0) is 20.2. The van der Waals surface area contributed by atoms with Gasteiger partial charge in [-0.05, 0) is 57.8 Å². The molecule has 0 aliphatic carbocycles. The molecule has 1 saturated heterocycles. The summed E-state index contributed by atoms with van der Waals surface area (Å²) in [6.07, 6.45) is 3.14. The molecule has 156 valence electrons. The highest BCUT2D eigenvalue weighted by Crippen LogP contribution is 2.13. The summed E-state index contributed by atoms with van der Waals surface area (Å²) >= 11 is 0. The van der Waals surface area contributed by atoms with E-state index in [2.05, 4.69) is 44.8 Å². The molecule has 28 heavy (non-hydrogen) atoms. The number of hydrogen-bond acceptors (Lipinski definition) is 3. The molecule has 0 unspecified atom stereocenters. The summed E-state index contributed by atoms with van der Waals surface area (Å²) in [5.74, 6) is 0.943. The van der Waals surface area contributed by atoms with Gasteiger partial charge >= 0.3 is 0 Å². The van der Waals surface area contributed by atoms with Crippen molar-refractivity contribution in [2.75, 3.05) is 39.3 Å². The Bertz CT molecular complexity index is 604. The van der Waals surface area contributed by atoms with E-state index in [0.29, 0.717) is 19.5 Å². The van der Waals surface area contributed by atoms with Gasteiger partial charge in [0.1, 0.15) is 0 Å². The number of nitrogens with zero attached hydrogens (tertiary/aromatic N) is 3. The van der Waals surface area contributed by atoms with Crippen molar-refractivity contribution in [3.05, 3.63) is 35.4 Å². The first-order valence-corrected chi connectivity index (χ1v) is 10.8. The van der Waals surface area contributed by atoms with Gasteiger partial charge in [0.15, 0.2) is 5.96 Å². The van der Waals surface area contributed by atoms with Crippen LogP contribution in [0.15, 0.2) is 29.3 Å². The number of rotatable bonds is 10. The first-order chi connectivity index (χ1) is 13.7. The van der Waals surface area contributed by atoms with Crippen LogP contribution in [0.3, 0.4) is 0 Å². The monoisotopic (exact) mass is 387 g/mol. The third-order valence-electron chi connectivity index (χ3n) is 5.14. The van der Waals surface area contributed by atoms with Gasteiger partial charge in [-0.3, -0.25) is 9.69 Å². The lowest BCUT2D eigenvalue weighted by Gasteiger charge is -2.19. The third-order valence-corrected chi connectivity index (χ3v) is 5.14. The van der Waals surface area contributed by atoms with Crippen LogP contribution >= 0.6 is 0 Å². The molecule has 0 spiro atoms. The highest BCUT2D eigenvalue weighted by Gasteiger charge is 2.11. The van der Waals surface area contributed by atoms with Crippen LogP contribution in [0.4, 0.5) is 0 Å². The molecule has 0 saturated carbocycles. The number of hydrogen-bond donors (Lipinski definition) is 2. The molecule has 0 atom stereocenters. The van der Waals surface area contributed by atoms with Gasteiger partial charge in [-0.15, -0.1) is 0 Å². The number of likely N-dealkylation sites (tertiary alicyclic amines) is 1. The molecular weight excluding hydrogens is 350 g/mol. The van der Waals surface area contributed by atoms with Gasteiger partial charge in [0.25, 0.3) is 0 Å². The first kappa shape index (κ1) is 22.2. The maximum absolute atomic E-state index is 12.1. The highest BCUT2D eigenvalue weighted by atomic mass is 16.2. The SMILES string of the molecule is CCNC(=NCc1ccc(CN2CCCC2)cc1)NCCC(=O)N(CC)CC. The minimum atomic E-state index is 0.182. The maximum atomic E-state index is 12.1. The summed E-state index contributed by atoms with van der Waals surface area (Å²) in [6.45, 7) is 13.1. The summed E-state index contributed by atoms with van der Waals surface area (Å²) in [4.78, 5) is 21.1. The van der Waals surface area contributed by atoms with Crippen LogP contribution in [0.1, 0.15) is 51.2 Å². The summed E-state index contributed by atoms with van der Waals surface area (Å²) in [5.41, 5.74) is 2.57. The lowest BCUT2D eigenvalue weighted by atomic mass is 10.1. The van der Waals surface area contributed by atoms with Crippen molar-refractivity contribution >= 4 is 11.9 Å². The third kappa shape index (κ3) is 7.50. The van der Waals surface area contributed by atoms with E-state index in [1.54, 1.807) is 0 Å². The Labute approximate surface area is 170 Å². The predicted molar refractivity (Wildman–Crippen MR) is 116 cm³/mol. The van der Waals surface area contributed by atoms with Gasteiger partial charge < -0.3 is 15.5 Å². The molecule has 2 N–H and O–H groups in total. The van der Waals surface area contributed by atoms with Gasteiger partial charge in [0, 0.05) is 39.1 Å². The molecule has 1 aliphatic heterocycles. The fourth-order valence-corrected chi connectivity index (χ4v) is 3.48. The van der Waals surface area contributed by atoms with Crippen molar-refractivity contribution in [2.45, 2.75) is 53.1 Å². The zero-order valence-electron chi connectivity index (χ0n) is 17.8. The lowest BCUT2D eigenvalue weighted by molar-refractivity contribution is -0.130. The van der Waals surface area contributed by atoms with Crippen molar-refractivity contribution < 1.29 is 4.79 Å². The first-order valence-electron chi connectivity index (χ1n) is 10.8. The lowest BCUT2D eigenvalue weighted by Crippen LogP contribution is -2.40. The average Bonchev–Trinajstić information content (AvgIpc) is 3.21. The molecule has 1 aromatic carbocycles. The van der Waals surface area contributed by atoms with Crippen LogP contribution in [-0.4, -0.2) is 60.9 Å². The van der Waals surface area contributed by atoms with Crippen LogP contribution in [-0.2, 0) is 17.9 Å². The number of amides is 1. The minimum Gasteiger partial charge on any atom is -0.357 e. The molecular formula is C22H37N5O. The van der Waals surface area contributed by atoms with Crippen molar-refractivity contribution in [1.29, 1.82) is 0 Å². The summed E-state index contributed by atoms with van der Waals surface area (Å²) in [7, 11) is 0. The van der Waals surface area contributed by atoms with Crippen LogP contribution < -0.4 is 10.6 Å². The quantitative estimate of drug-likeness (QED) is 0.479. The number of benzene rings is 1. The van der Waals surface area contributed by atoms with Gasteiger partial charge in [0.05, 0.1) is 6.54 Å². The Morgan fingerprint density at radius 3 is 2.29 bits per heavy atom. The second-order valence-electron chi connectivity index (χ2n) is 7.24. The summed E-state index contributed by atoms with van der Waals surface area (Å²) in [5, 5.41) is 6.52. The molecule has 6 nitrogen and oxygen atoms in total. The van der Waals surface area contributed by atoms with Gasteiger partial charge in [-0.25, -0.2) is 4.99 Å². The molecule has 0 bridgehead atoms. The van der Waals surface area contributed by atoms with Crippen LogP contribution in [0.2, 0.25) is 0 Å². The zero-order valence-corrected chi connectivity index (χ0v) is 17.8. The van der Waals surface area contributed by atoms with E-state index < -0.39 is 0 Å².